The van der Waals surface area contributed by atoms with E-state index in [4.69, 9.17) is 12.2 Å². The van der Waals surface area contributed by atoms with Gasteiger partial charge in [0.05, 0.1) is 0 Å². The molecule has 0 spiro atoms. The Morgan fingerprint density at radius 1 is 1.36 bits per heavy atom. The summed E-state index contributed by atoms with van der Waals surface area (Å²) in [7, 11) is 1.54. The number of rotatable bonds is 7. The van der Waals surface area contributed by atoms with Crippen molar-refractivity contribution in [3.63, 3.8) is 0 Å². The molecule has 0 bridgehead atoms. The summed E-state index contributed by atoms with van der Waals surface area (Å²) < 4.78 is 0.465. The number of nitrogens with zero attached hydrogens (tertiary/aromatic N) is 1. The van der Waals surface area contributed by atoms with Crippen LogP contribution in [-0.2, 0) is 10.5 Å². The minimum Gasteiger partial charge on any atom is -0.357 e. The Hall–Kier alpha value is -1.91. The number of benzene rings is 1. The van der Waals surface area contributed by atoms with Crippen molar-refractivity contribution in [1.29, 1.82) is 0 Å². The second kappa shape index (κ2) is 9.54. The molecule has 7 nitrogen and oxygen atoms in total. The highest BCUT2D eigenvalue weighted by Crippen LogP contribution is 2.15. The molecule has 0 aliphatic heterocycles. The van der Waals surface area contributed by atoms with Gasteiger partial charge in [0.2, 0.25) is 11.0 Å². The van der Waals surface area contributed by atoms with E-state index in [0.29, 0.717) is 14.8 Å². The lowest BCUT2D eigenvalue weighted by molar-refractivity contribution is -0.121. The van der Waals surface area contributed by atoms with Gasteiger partial charge in [-0.05, 0) is 24.7 Å². The first kappa shape index (κ1) is 19.4. The number of aryl methyl sites for hydroxylation is 1. The zero-order valence-corrected chi connectivity index (χ0v) is 16.2. The van der Waals surface area contributed by atoms with Gasteiger partial charge in [-0.25, -0.2) is 4.79 Å². The summed E-state index contributed by atoms with van der Waals surface area (Å²) in [5.74, 6) is 0.968. The summed E-state index contributed by atoms with van der Waals surface area (Å²) in [4.78, 5) is 24.0. The van der Waals surface area contributed by atoms with E-state index in [2.05, 4.69) is 50.4 Å². The van der Waals surface area contributed by atoms with Gasteiger partial charge in [0.15, 0.2) is 3.95 Å². The highest BCUT2D eigenvalue weighted by molar-refractivity contribution is 7.98. The van der Waals surface area contributed by atoms with Crippen LogP contribution in [0.25, 0.3) is 0 Å². The molecule has 1 aromatic carbocycles. The average Bonchev–Trinajstić information content (AvgIpc) is 2.99. The number of carbonyl (C=O) groups excluding carboxylic acids is 2. The Balaban J connectivity index is 1.87. The smallest absolute Gasteiger partial charge is 0.321 e. The average molecular weight is 398 g/mol. The van der Waals surface area contributed by atoms with Crippen LogP contribution in [0.2, 0.25) is 0 Å². The van der Waals surface area contributed by atoms with Crippen LogP contribution in [0.3, 0.4) is 0 Å². The molecule has 3 amide bonds. The summed E-state index contributed by atoms with van der Waals surface area (Å²) in [5.41, 5.74) is 2.38. The maximum atomic E-state index is 12.0. The van der Waals surface area contributed by atoms with E-state index in [0.717, 1.165) is 17.1 Å². The number of anilines is 1. The molecule has 0 aliphatic rings. The molecule has 1 aromatic heterocycles. The number of H-pyrrole nitrogens is 1. The molecule has 0 saturated heterocycles. The number of urea groups is 1. The van der Waals surface area contributed by atoms with Crippen molar-refractivity contribution in [2.45, 2.75) is 18.7 Å². The Bertz CT molecular complexity index is 772. The van der Waals surface area contributed by atoms with Crippen LogP contribution in [0.1, 0.15) is 11.1 Å². The van der Waals surface area contributed by atoms with Crippen molar-refractivity contribution in [3.05, 3.63) is 39.3 Å². The summed E-state index contributed by atoms with van der Waals surface area (Å²) in [6.07, 6.45) is 0. The van der Waals surface area contributed by atoms with Crippen LogP contribution >= 0.6 is 35.3 Å². The SMILES string of the molecule is CNC(=O)C(CSCc1ccc(C)cc1)NC(=O)Nc1n[nH]c(=S)s1. The molecule has 2 rings (SSSR count). The van der Waals surface area contributed by atoms with Crippen molar-refractivity contribution >= 4 is 52.4 Å². The number of carbonyl (C=O) groups is 2. The van der Waals surface area contributed by atoms with Crippen LogP contribution in [0, 0.1) is 10.9 Å². The lowest BCUT2D eigenvalue weighted by Gasteiger charge is -2.17. The third-order valence-electron chi connectivity index (χ3n) is 3.20. The number of hydrogen-bond acceptors (Lipinski definition) is 6. The molecule has 0 aliphatic carbocycles. The number of aromatic nitrogens is 2. The zero-order valence-electron chi connectivity index (χ0n) is 13.8. The monoisotopic (exact) mass is 397 g/mol. The van der Waals surface area contributed by atoms with E-state index >= 15 is 0 Å². The van der Waals surface area contributed by atoms with Gasteiger partial charge in [-0.1, -0.05) is 41.2 Å². The van der Waals surface area contributed by atoms with Crippen LogP contribution in [0.15, 0.2) is 24.3 Å². The predicted molar refractivity (Wildman–Crippen MR) is 105 cm³/mol. The van der Waals surface area contributed by atoms with Gasteiger partial charge in [0, 0.05) is 18.6 Å². The van der Waals surface area contributed by atoms with Crippen molar-refractivity contribution in [2.75, 3.05) is 18.1 Å². The number of nitrogens with one attached hydrogen (secondary N) is 4. The molecule has 0 radical (unpaired) electrons. The lowest BCUT2D eigenvalue weighted by Crippen LogP contribution is -2.48. The van der Waals surface area contributed by atoms with E-state index in [1.807, 2.05) is 6.92 Å². The Labute approximate surface area is 159 Å². The number of hydrogen-bond donors (Lipinski definition) is 4. The molecule has 0 saturated carbocycles. The minimum absolute atomic E-state index is 0.249. The summed E-state index contributed by atoms with van der Waals surface area (Å²) >= 11 is 7.63. The van der Waals surface area contributed by atoms with E-state index in [9.17, 15) is 9.59 Å². The molecule has 25 heavy (non-hydrogen) atoms. The fourth-order valence-corrected chi connectivity index (χ4v) is 3.71. The largest absolute Gasteiger partial charge is 0.357 e. The molecule has 1 unspecified atom stereocenters. The molecule has 1 heterocycles. The van der Waals surface area contributed by atoms with Crippen molar-refractivity contribution in [2.24, 2.45) is 0 Å². The zero-order chi connectivity index (χ0) is 18.2. The minimum atomic E-state index is -0.646. The Morgan fingerprint density at radius 2 is 2.08 bits per heavy atom. The van der Waals surface area contributed by atoms with E-state index in [-0.39, 0.29) is 5.91 Å². The maximum absolute atomic E-state index is 12.0. The van der Waals surface area contributed by atoms with E-state index in [1.54, 1.807) is 18.8 Å². The standard InChI is InChI=1S/C15H19N5O2S3/c1-9-3-5-10(6-4-9)7-24-8-11(12(21)16-2)17-13(22)18-14-19-20-15(23)25-14/h3-6,11H,7-8H2,1-2H3,(H,16,21)(H,20,23)(H2,17,18,19,22). The first-order chi connectivity index (χ1) is 12.0. The van der Waals surface area contributed by atoms with Gasteiger partial charge in [-0.3, -0.25) is 15.2 Å². The molecular weight excluding hydrogens is 378 g/mol. The predicted octanol–water partition coefficient (Wildman–Crippen LogP) is 2.68. The van der Waals surface area contributed by atoms with Gasteiger partial charge in [-0.2, -0.15) is 11.8 Å². The van der Waals surface area contributed by atoms with Crippen LogP contribution in [0.5, 0.6) is 0 Å². The fourth-order valence-electron chi connectivity index (χ4n) is 1.91. The first-order valence-corrected chi connectivity index (χ1v) is 9.84. The van der Waals surface area contributed by atoms with Gasteiger partial charge in [0.1, 0.15) is 6.04 Å². The van der Waals surface area contributed by atoms with Gasteiger partial charge < -0.3 is 10.6 Å². The number of amides is 3. The Kier molecular flexibility index (Phi) is 7.41. The summed E-state index contributed by atoms with van der Waals surface area (Å²) in [5, 5.41) is 14.6. The topological polar surface area (TPSA) is 98.9 Å². The third kappa shape index (κ3) is 6.48. The molecule has 2 aromatic rings. The Morgan fingerprint density at radius 3 is 2.68 bits per heavy atom. The normalized spacial score (nSPS) is 11.6. The number of likely N-dealkylation sites (N-methyl/N-ethyl adjacent to an activating group) is 1. The van der Waals surface area contributed by atoms with E-state index < -0.39 is 12.1 Å². The highest BCUT2D eigenvalue weighted by Gasteiger charge is 2.20. The molecule has 10 heteroatoms. The third-order valence-corrected chi connectivity index (χ3v) is 5.31. The first-order valence-electron chi connectivity index (χ1n) is 7.46. The van der Waals surface area contributed by atoms with Crippen LogP contribution in [-0.4, -0.2) is 41.0 Å². The second-order valence-corrected chi connectivity index (χ2v) is 7.88. The lowest BCUT2D eigenvalue weighted by atomic mass is 10.2. The molecule has 0 fully saturated rings. The molecule has 4 N–H and O–H groups in total. The van der Waals surface area contributed by atoms with Crippen molar-refractivity contribution in [1.82, 2.24) is 20.8 Å². The maximum Gasteiger partial charge on any atom is 0.321 e. The quantitative estimate of drug-likeness (QED) is 0.539. The number of aromatic amines is 1. The highest BCUT2D eigenvalue weighted by atomic mass is 32.2. The summed E-state index contributed by atoms with van der Waals surface area (Å²) in [6, 6.07) is 7.08. The molecular formula is C15H19N5O2S3. The van der Waals surface area contributed by atoms with Gasteiger partial charge in [-0.15, -0.1) is 5.10 Å². The second-order valence-electron chi connectivity index (χ2n) is 5.18. The van der Waals surface area contributed by atoms with Gasteiger partial charge in [0.25, 0.3) is 0 Å². The van der Waals surface area contributed by atoms with Gasteiger partial charge >= 0.3 is 6.03 Å². The van der Waals surface area contributed by atoms with Crippen LogP contribution in [0.4, 0.5) is 9.93 Å². The van der Waals surface area contributed by atoms with Crippen molar-refractivity contribution in [3.8, 4) is 0 Å². The van der Waals surface area contributed by atoms with E-state index in [1.165, 1.54) is 11.1 Å². The number of thioether (sulfide) groups is 1. The molecule has 1 atom stereocenters. The molecule has 134 valence electrons. The fraction of sp³-hybridized carbons (Fsp3) is 0.333. The van der Waals surface area contributed by atoms with Crippen molar-refractivity contribution < 1.29 is 9.59 Å². The summed E-state index contributed by atoms with van der Waals surface area (Å²) in [6.45, 7) is 2.04. The van der Waals surface area contributed by atoms with Crippen LogP contribution < -0.4 is 16.0 Å².